The van der Waals surface area contributed by atoms with Crippen LogP contribution in [-0.2, 0) is 10.0 Å². The number of rotatable bonds is 6. The molecular weight excluding hydrogens is 376 g/mol. The highest BCUT2D eigenvalue weighted by Gasteiger charge is 2.35. The average Bonchev–Trinajstić information content (AvgIpc) is 3.39. The van der Waals surface area contributed by atoms with Crippen molar-refractivity contribution in [2.24, 2.45) is 0 Å². The number of hydrogen-bond donors (Lipinski definition) is 0. The Kier molecular flexibility index (Phi) is 5.15. The molecule has 1 fully saturated rings. The summed E-state index contributed by atoms with van der Waals surface area (Å²) in [5.74, 6) is 0.389. The van der Waals surface area contributed by atoms with Crippen LogP contribution in [0.4, 0.5) is 0 Å². The van der Waals surface area contributed by atoms with E-state index in [2.05, 4.69) is 10.3 Å². The zero-order valence-corrected chi connectivity index (χ0v) is 16.4. The normalized spacial score (nSPS) is 17.7. The molecule has 146 valence electrons. The van der Waals surface area contributed by atoms with Gasteiger partial charge in [0, 0.05) is 18.7 Å². The van der Waals surface area contributed by atoms with Crippen molar-refractivity contribution in [3.63, 3.8) is 0 Å². The van der Waals surface area contributed by atoms with Crippen LogP contribution < -0.4 is 4.74 Å². The summed E-state index contributed by atoms with van der Waals surface area (Å²) in [7, 11) is -3.63. The molecular formula is C20H22N4O3S. The van der Waals surface area contributed by atoms with Gasteiger partial charge < -0.3 is 4.74 Å². The number of benzene rings is 2. The number of sulfonamides is 1. The van der Waals surface area contributed by atoms with E-state index in [1.165, 1.54) is 4.31 Å². The van der Waals surface area contributed by atoms with Gasteiger partial charge in [0.2, 0.25) is 10.0 Å². The van der Waals surface area contributed by atoms with E-state index in [1.807, 2.05) is 43.5 Å². The van der Waals surface area contributed by atoms with Crippen LogP contribution in [0, 0.1) is 0 Å². The van der Waals surface area contributed by atoms with Crippen molar-refractivity contribution >= 4 is 10.0 Å². The first-order valence-corrected chi connectivity index (χ1v) is 10.7. The minimum atomic E-state index is -3.63. The summed E-state index contributed by atoms with van der Waals surface area (Å²) < 4.78 is 35.1. The lowest BCUT2D eigenvalue weighted by atomic mass is 10.2. The maximum Gasteiger partial charge on any atom is 0.246 e. The lowest BCUT2D eigenvalue weighted by Crippen LogP contribution is -2.29. The van der Waals surface area contributed by atoms with Crippen LogP contribution in [0.2, 0.25) is 0 Å². The molecule has 1 aliphatic heterocycles. The molecule has 0 saturated carbocycles. The quantitative estimate of drug-likeness (QED) is 0.638. The van der Waals surface area contributed by atoms with Gasteiger partial charge in [-0.15, -0.1) is 5.10 Å². The van der Waals surface area contributed by atoms with E-state index in [-0.39, 0.29) is 10.9 Å². The van der Waals surface area contributed by atoms with Gasteiger partial charge in [0.1, 0.15) is 16.3 Å². The monoisotopic (exact) mass is 398 g/mol. The highest BCUT2D eigenvalue weighted by molar-refractivity contribution is 7.89. The van der Waals surface area contributed by atoms with Gasteiger partial charge in [-0.1, -0.05) is 47.7 Å². The summed E-state index contributed by atoms with van der Waals surface area (Å²) in [5, 5.41) is 8.47. The minimum Gasteiger partial charge on any atom is -0.492 e. The van der Waals surface area contributed by atoms with Gasteiger partial charge >= 0.3 is 0 Å². The van der Waals surface area contributed by atoms with E-state index in [4.69, 9.17) is 4.74 Å². The largest absolute Gasteiger partial charge is 0.492 e. The third-order valence-corrected chi connectivity index (χ3v) is 6.75. The first-order valence-electron chi connectivity index (χ1n) is 9.29. The van der Waals surface area contributed by atoms with Crippen LogP contribution >= 0.6 is 0 Å². The fourth-order valence-corrected chi connectivity index (χ4v) is 5.04. The van der Waals surface area contributed by atoms with Crippen LogP contribution in [-0.4, -0.2) is 47.4 Å². The van der Waals surface area contributed by atoms with E-state index in [9.17, 15) is 8.42 Å². The van der Waals surface area contributed by atoms with Crippen molar-refractivity contribution in [2.75, 3.05) is 19.7 Å². The molecule has 1 atom stereocenters. The Morgan fingerprint density at radius 2 is 1.86 bits per heavy atom. The molecule has 8 heteroatoms. The topological polar surface area (TPSA) is 77.3 Å². The van der Waals surface area contributed by atoms with Crippen molar-refractivity contribution < 1.29 is 13.2 Å². The average molecular weight is 398 g/mol. The third kappa shape index (κ3) is 3.53. The molecule has 0 spiro atoms. The fraction of sp³-hybridized carbons (Fsp3) is 0.300. The Balaban J connectivity index is 1.54. The molecule has 0 unspecified atom stereocenters. The van der Waals surface area contributed by atoms with E-state index >= 15 is 0 Å². The van der Waals surface area contributed by atoms with E-state index in [0.717, 1.165) is 11.3 Å². The van der Waals surface area contributed by atoms with E-state index in [0.29, 0.717) is 31.9 Å². The first-order chi connectivity index (χ1) is 13.6. The zero-order chi connectivity index (χ0) is 19.6. The lowest BCUT2D eigenvalue weighted by molar-refractivity contribution is 0.329. The van der Waals surface area contributed by atoms with Gasteiger partial charge in [0.25, 0.3) is 0 Å². The van der Waals surface area contributed by atoms with Crippen molar-refractivity contribution in [1.29, 1.82) is 0 Å². The van der Waals surface area contributed by atoms with Crippen LogP contribution in [0.3, 0.4) is 0 Å². The molecule has 1 aromatic heterocycles. The molecule has 0 radical (unpaired) electrons. The number of hydrogen-bond acceptors (Lipinski definition) is 5. The molecule has 1 saturated heterocycles. The second-order valence-electron chi connectivity index (χ2n) is 6.64. The first kappa shape index (κ1) is 18.6. The summed E-state index contributed by atoms with van der Waals surface area (Å²) in [6, 6.07) is 16.5. The van der Waals surface area contributed by atoms with Gasteiger partial charge in [-0.3, -0.25) is 0 Å². The highest BCUT2D eigenvalue weighted by Crippen LogP contribution is 2.32. The molecule has 28 heavy (non-hydrogen) atoms. The number of para-hydroxylation sites is 1. The Morgan fingerprint density at radius 3 is 2.64 bits per heavy atom. The smallest absolute Gasteiger partial charge is 0.246 e. The van der Waals surface area contributed by atoms with Crippen molar-refractivity contribution in [2.45, 2.75) is 24.3 Å². The molecule has 7 nitrogen and oxygen atoms in total. The van der Waals surface area contributed by atoms with Gasteiger partial charge in [0.15, 0.2) is 0 Å². The summed E-state index contributed by atoms with van der Waals surface area (Å²) in [6.45, 7) is 3.05. The van der Waals surface area contributed by atoms with Crippen molar-refractivity contribution in [3.05, 3.63) is 60.8 Å². The Morgan fingerprint density at radius 1 is 1.11 bits per heavy atom. The molecule has 1 aliphatic rings. The minimum absolute atomic E-state index is 0.0426. The molecule has 0 amide bonds. The zero-order valence-electron chi connectivity index (χ0n) is 15.6. The molecule has 3 aromatic rings. The standard InChI is InChI=1S/C20H22N4O3S/c1-2-27-19-10-6-7-11-20(19)28(25,26)23-13-12-17(14-23)24-15-18(21-22-24)16-8-4-3-5-9-16/h3-11,15,17H,2,12-14H2,1H3/t17-/m0/s1. The van der Waals surface area contributed by atoms with Crippen molar-refractivity contribution in [1.82, 2.24) is 19.3 Å². The second kappa shape index (κ2) is 7.73. The lowest BCUT2D eigenvalue weighted by Gasteiger charge is -2.18. The maximum atomic E-state index is 13.1. The Bertz CT molecular complexity index is 1050. The summed E-state index contributed by atoms with van der Waals surface area (Å²) in [6.07, 6.45) is 2.57. The number of aromatic nitrogens is 3. The molecule has 0 bridgehead atoms. The second-order valence-corrected chi connectivity index (χ2v) is 8.54. The molecule has 0 aliphatic carbocycles. The van der Waals surface area contributed by atoms with Crippen LogP contribution in [0.25, 0.3) is 11.3 Å². The molecule has 2 aromatic carbocycles. The molecule has 0 N–H and O–H groups in total. The van der Waals surface area contributed by atoms with E-state index in [1.54, 1.807) is 28.9 Å². The predicted octanol–water partition coefficient (Wildman–Crippen LogP) is 2.98. The third-order valence-electron chi connectivity index (χ3n) is 4.85. The SMILES string of the molecule is CCOc1ccccc1S(=O)(=O)N1CC[C@H](n2cc(-c3ccccc3)nn2)C1. The fourth-order valence-electron chi connectivity index (χ4n) is 3.42. The number of nitrogens with zero attached hydrogens (tertiary/aromatic N) is 4. The van der Waals surface area contributed by atoms with Gasteiger partial charge in [-0.25, -0.2) is 13.1 Å². The number of ether oxygens (including phenoxy) is 1. The Labute approximate surface area is 164 Å². The van der Waals surface area contributed by atoms with E-state index < -0.39 is 10.0 Å². The van der Waals surface area contributed by atoms with Crippen molar-refractivity contribution in [3.8, 4) is 17.0 Å². The summed E-state index contributed by atoms with van der Waals surface area (Å²) in [4.78, 5) is 0.209. The highest BCUT2D eigenvalue weighted by atomic mass is 32.2. The van der Waals surface area contributed by atoms with Gasteiger partial charge in [0.05, 0.1) is 18.8 Å². The van der Waals surface area contributed by atoms with Gasteiger partial charge in [-0.2, -0.15) is 4.31 Å². The van der Waals surface area contributed by atoms with Crippen LogP contribution in [0.1, 0.15) is 19.4 Å². The molecule has 4 rings (SSSR count). The molecule has 2 heterocycles. The predicted molar refractivity (Wildman–Crippen MR) is 105 cm³/mol. The summed E-state index contributed by atoms with van der Waals surface area (Å²) in [5.41, 5.74) is 1.77. The van der Waals surface area contributed by atoms with Gasteiger partial charge in [-0.05, 0) is 25.5 Å². The van der Waals surface area contributed by atoms with Crippen LogP contribution in [0.15, 0.2) is 65.7 Å². The Hall–Kier alpha value is -2.71. The summed E-state index contributed by atoms with van der Waals surface area (Å²) >= 11 is 0. The maximum absolute atomic E-state index is 13.1. The van der Waals surface area contributed by atoms with Crippen LogP contribution in [0.5, 0.6) is 5.75 Å².